The zero-order valence-electron chi connectivity index (χ0n) is 22.4. The number of hydrogen-bond donors (Lipinski definition) is 2. The van der Waals surface area contributed by atoms with Gasteiger partial charge in [0.25, 0.3) is 11.1 Å². The van der Waals surface area contributed by atoms with Gasteiger partial charge in [0.15, 0.2) is 0 Å². The molecule has 2 unspecified atom stereocenters. The number of piperazine rings is 1. The Balaban J connectivity index is 1.16. The predicted molar refractivity (Wildman–Crippen MR) is 153 cm³/mol. The van der Waals surface area contributed by atoms with Crippen LogP contribution in [0.15, 0.2) is 60.0 Å². The molecule has 2 fully saturated rings. The summed E-state index contributed by atoms with van der Waals surface area (Å²) in [5, 5.41) is 26.5. The van der Waals surface area contributed by atoms with Crippen molar-refractivity contribution in [1.29, 1.82) is 0 Å². The Morgan fingerprint density at radius 1 is 1.02 bits per heavy atom. The van der Waals surface area contributed by atoms with Crippen LogP contribution in [0, 0.1) is 11.6 Å². The molecule has 3 aromatic rings. The molecular formula is C28H29ClF2N6O4S. The molecule has 5 rings (SSSR count). The molecule has 0 spiro atoms. The van der Waals surface area contributed by atoms with E-state index in [4.69, 9.17) is 11.6 Å². The lowest BCUT2D eigenvalue weighted by Crippen LogP contribution is -2.54. The van der Waals surface area contributed by atoms with Crippen LogP contribution in [0.1, 0.15) is 11.1 Å². The van der Waals surface area contributed by atoms with Crippen molar-refractivity contribution in [2.75, 3.05) is 45.8 Å². The summed E-state index contributed by atoms with van der Waals surface area (Å²) in [5.74, 6) is -2.05. The van der Waals surface area contributed by atoms with Gasteiger partial charge in [0.05, 0.1) is 24.1 Å². The summed E-state index contributed by atoms with van der Waals surface area (Å²) in [5.41, 5.74) is -1.02. The van der Waals surface area contributed by atoms with Gasteiger partial charge in [0.1, 0.15) is 29.9 Å². The van der Waals surface area contributed by atoms with Crippen LogP contribution in [0.2, 0.25) is 5.02 Å². The summed E-state index contributed by atoms with van der Waals surface area (Å²) in [7, 11) is 0. The minimum atomic E-state index is -1.71. The SMILES string of the molecule is O=C1SC(=Cc2ccc(Cl)cc2)C(=O)N1CC(O)CN1CCN(CC(O)(Cn2cncn2)c2ccc(F)cc2F)CC1. The fraction of sp³-hybridized carbons (Fsp3) is 0.357. The van der Waals surface area contributed by atoms with Gasteiger partial charge in [-0.05, 0) is 41.6 Å². The van der Waals surface area contributed by atoms with Crippen LogP contribution in [-0.4, -0.2) is 103 Å². The summed E-state index contributed by atoms with van der Waals surface area (Å²) < 4.78 is 29.7. The zero-order valence-corrected chi connectivity index (χ0v) is 24.0. The first-order valence-electron chi connectivity index (χ1n) is 13.2. The zero-order chi connectivity index (χ0) is 29.9. The molecule has 0 saturated carbocycles. The Bertz CT molecular complexity index is 1450. The van der Waals surface area contributed by atoms with E-state index in [9.17, 15) is 28.6 Å². The van der Waals surface area contributed by atoms with E-state index in [2.05, 4.69) is 10.1 Å². The Kier molecular flexibility index (Phi) is 9.35. The number of aliphatic hydroxyl groups excluding tert-OH is 1. The summed E-state index contributed by atoms with van der Waals surface area (Å²) in [6.07, 6.45) is 3.38. The number of halogens is 3. The van der Waals surface area contributed by atoms with Crippen molar-refractivity contribution < 1.29 is 28.6 Å². The molecule has 2 aliphatic rings. The highest BCUT2D eigenvalue weighted by molar-refractivity contribution is 8.18. The number of carbonyl (C=O) groups is 2. The third-order valence-corrected chi connectivity index (χ3v) is 8.34. The van der Waals surface area contributed by atoms with Gasteiger partial charge < -0.3 is 10.2 Å². The Morgan fingerprint density at radius 3 is 2.40 bits per heavy atom. The molecule has 0 radical (unpaired) electrons. The second kappa shape index (κ2) is 13.0. The molecule has 222 valence electrons. The highest BCUT2D eigenvalue weighted by Gasteiger charge is 2.38. The van der Waals surface area contributed by atoms with Crippen molar-refractivity contribution in [3.8, 4) is 0 Å². The van der Waals surface area contributed by atoms with Crippen molar-refractivity contribution in [1.82, 2.24) is 29.5 Å². The second-order valence-corrected chi connectivity index (χ2v) is 11.8. The number of β-amino-alcohol motifs (C(OH)–C–C–N with tert-alkyl or cyclic N) is 2. The molecule has 0 bridgehead atoms. The van der Waals surface area contributed by atoms with Gasteiger partial charge in [-0.3, -0.25) is 24.3 Å². The predicted octanol–water partition coefficient (Wildman–Crippen LogP) is 2.81. The van der Waals surface area contributed by atoms with Gasteiger partial charge in [-0.2, -0.15) is 5.10 Å². The minimum Gasteiger partial charge on any atom is -0.390 e. The average Bonchev–Trinajstić information content (AvgIpc) is 3.54. The van der Waals surface area contributed by atoms with Crippen LogP contribution in [0.5, 0.6) is 0 Å². The number of hydrogen-bond acceptors (Lipinski definition) is 9. The number of rotatable bonds is 10. The Labute approximate surface area is 250 Å². The van der Waals surface area contributed by atoms with Crippen molar-refractivity contribution in [2.45, 2.75) is 18.2 Å². The average molecular weight is 619 g/mol. The van der Waals surface area contributed by atoms with Gasteiger partial charge in [-0.1, -0.05) is 29.8 Å². The van der Waals surface area contributed by atoms with Gasteiger partial charge in [-0.25, -0.2) is 18.4 Å². The first-order valence-corrected chi connectivity index (χ1v) is 14.4. The molecule has 2 aliphatic heterocycles. The van der Waals surface area contributed by atoms with Gasteiger partial charge in [-0.15, -0.1) is 0 Å². The van der Waals surface area contributed by atoms with Gasteiger partial charge in [0.2, 0.25) is 0 Å². The number of amides is 2. The number of imide groups is 1. The van der Waals surface area contributed by atoms with Crippen LogP contribution in [0.4, 0.5) is 13.6 Å². The maximum atomic E-state index is 14.7. The monoisotopic (exact) mass is 618 g/mol. The Hall–Kier alpha value is -3.20. The number of thioether (sulfide) groups is 1. The van der Waals surface area contributed by atoms with Crippen LogP contribution >= 0.6 is 23.4 Å². The number of benzene rings is 2. The first-order chi connectivity index (χ1) is 20.1. The van der Waals surface area contributed by atoms with E-state index < -0.39 is 34.5 Å². The van der Waals surface area contributed by atoms with Crippen LogP contribution in [0.3, 0.4) is 0 Å². The third-order valence-electron chi connectivity index (χ3n) is 7.18. The van der Waals surface area contributed by atoms with E-state index >= 15 is 0 Å². The lowest BCUT2D eigenvalue weighted by atomic mass is 9.92. The van der Waals surface area contributed by atoms with E-state index in [1.54, 1.807) is 30.3 Å². The molecule has 2 amide bonds. The smallest absolute Gasteiger partial charge is 0.293 e. The maximum Gasteiger partial charge on any atom is 0.293 e. The fourth-order valence-electron chi connectivity index (χ4n) is 5.10. The van der Waals surface area contributed by atoms with Crippen molar-refractivity contribution in [2.24, 2.45) is 0 Å². The molecule has 42 heavy (non-hydrogen) atoms. The number of carbonyl (C=O) groups excluding carboxylic acids is 2. The van der Waals surface area contributed by atoms with E-state index in [1.807, 2.05) is 9.80 Å². The van der Waals surface area contributed by atoms with E-state index in [-0.39, 0.29) is 36.6 Å². The molecular weight excluding hydrogens is 590 g/mol. The fourth-order valence-corrected chi connectivity index (χ4v) is 6.08. The summed E-state index contributed by atoms with van der Waals surface area (Å²) in [6.45, 7) is 2.13. The van der Waals surface area contributed by atoms with Crippen molar-refractivity contribution >= 4 is 40.6 Å². The van der Waals surface area contributed by atoms with Crippen molar-refractivity contribution in [3.63, 3.8) is 0 Å². The van der Waals surface area contributed by atoms with Crippen LogP contribution < -0.4 is 0 Å². The summed E-state index contributed by atoms with van der Waals surface area (Å²) in [6, 6.07) is 9.97. The molecule has 0 aliphatic carbocycles. The second-order valence-electron chi connectivity index (χ2n) is 10.3. The molecule has 3 heterocycles. The number of aromatic nitrogens is 3. The highest BCUT2D eigenvalue weighted by atomic mass is 35.5. The summed E-state index contributed by atoms with van der Waals surface area (Å²) in [4.78, 5) is 34.5. The molecule has 1 aromatic heterocycles. The van der Waals surface area contributed by atoms with Gasteiger partial charge >= 0.3 is 0 Å². The minimum absolute atomic E-state index is 0.0421. The van der Waals surface area contributed by atoms with Gasteiger partial charge in [0, 0.05) is 55.9 Å². The first kappa shape index (κ1) is 30.3. The molecule has 14 heteroatoms. The van der Waals surface area contributed by atoms with E-state index in [0.29, 0.717) is 31.2 Å². The lowest BCUT2D eigenvalue weighted by molar-refractivity contribution is -0.123. The number of nitrogens with zero attached hydrogens (tertiary/aromatic N) is 6. The molecule has 2 saturated heterocycles. The standard InChI is InChI=1S/C28H29ClF2N6O4S/c29-20-3-1-19(2-4-20)11-25-26(39)37(27(40)42-25)14-22(38)13-34-7-9-35(10-8-34)15-28(41,16-36-18-32-17-33-36)23-6-5-21(30)12-24(23)31/h1-6,11-12,17-18,22,38,41H,7-10,13-16H2. The summed E-state index contributed by atoms with van der Waals surface area (Å²) >= 11 is 6.74. The van der Waals surface area contributed by atoms with E-state index in [1.165, 1.54) is 23.4 Å². The molecule has 10 nitrogen and oxygen atoms in total. The maximum absolute atomic E-state index is 14.7. The normalized spacial score (nSPS) is 19.9. The number of aliphatic hydroxyl groups is 2. The molecule has 2 aromatic carbocycles. The quantitative estimate of drug-likeness (QED) is 0.331. The van der Waals surface area contributed by atoms with Crippen molar-refractivity contribution in [3.05, 3.63) is 87.8 Å². The molecule has 2 N–H and O–H groups in total. The largest absolute Gasteiger partial charge is 0.390 e. The van der Waals surface area contributed by atoms with E-state index in [0.717, 1.165) is 34.4 Å². The van der Waals surface area contributed by atoms with Crippen LogP contribution in [-0.2, 0) is 16.9 Å². The molecule has 2 atom stereocenters. The third kappa shape index (κ3) is 7.22. The Morgan fingerprint density at radius 2 is 1.74 bits per heavy atom. The topological polar surface area (TPSA) is 115 Å². The highest BCUT2D eigenvalue weighted by Crippen LogP contribution is 2.33. The van der Waals surface area contributed by atoms with Crippen LogP contribution in [0.25, 0.3) is 6.08 Å². The lowest BCUT2D eigenvalue weighted by Gasteiger charge is -2.40.